The Morgan fingerprint density at radius 3 is 2.53 bits per heavy atom. The summed E-state index contributed by atoms with van der Waals surface area (Å²) in [6, 6.07) is 0. The summed E-state index contributed by atoms with van der Waals surface area (Å²) in [5.41, 5.74) is -0.258. The molecule has 1 nitrogen and oxygen atoms in total. The van der Waals surface area contributed by atoms with Crippen LogP contribution >= 0.6 is 0 Å². The first-order chi connectivity index (χ1) is 6.97. The highest BCUT2D eigenvalue weighted by molar-refractivity contribution is 4.89. The van der Waals surface area contributed by atoms with Crippen molar-refractivity contribution >= 4 is 0 Å². The van der Waals surface area contributed by atoms with Gasteiger partial charge < -0.3 is 5.32 Å². The van der Waals surface area contributed by atoms with Crippen LogP contribution in [0.4, 0.5) is 13.2 Å². The van der Waals surface area contributed by atoms with Gasteiger partial charge in [-0.3, -0.25) is 0 Å². The Kier molecular flexibility index (Phi) is 4.44. The minimum Gasteiger partial charge on any atom is -0.311 e. The first kappa shape index (κ1) is 12.8. The van der Waals surface area contributed by atoms with E-state index in [2.05, 4.69) is 5.32 Å². The van der Waals surface area contributed by atoms with Gasteiger partial charge in [-0.25, -0.2) is 0 Å². The maximum atomic E-state index is 12.2. The van der Waals surface area contributed by atoms with Crippen molar-refractivity contribution in [3.05, 3.63) is 0 Å². The van der Waals surface area contributed by atoms with Gasteiger partial charge >= 0.3 is 6.18 Å². The van der Waals surface area contributed by atoms with E-state index in [1.807, 2.05) is 6.92 Å². The third-order valence-corrected chi connectivity index (χ3v) is 3.40. The van der Waals surface area contributed by atoms with Crippen molar-refractivity contribution in [2.24, 2.45) is 0 Å². The van der Waals surface area contributed by atoms with Crippen LogP contribution in [0.3, 0.4) is 0 Å². The molecule has 0 bridgehead atoms. The number of hydrogen-bond donors (Lipinski definition) is 1. The summed E-state index contributed by atoms with van der Waals surface area (Å²) in [4.78, 5) is 0. The molecule has 1 rings (SSSR count). The first-order valence-corrected chi connectivity index (χ1v) is 5.79. The van der Waals surface area contributed by atoms with E-state index in [0.717, 1.165) is 38.6 Å². The lowest BCUT2D eigenvalue weighted by Crippen LogP contribution is -2.44. The quantitative estimate of drug-likeness (QED) is 0.770. The smallest absolute Gasteiger partial charge is 0.311 e. The summed E-state index contributed by atoms with van der Waals surface area (Å²) in [6.45, 7) is 2.85. The molecule has 15 heavy (non-hydrogen) atoms. The second-order valence-corrected chi connectivity index (χ2v) is 4.49. The molecule has 1 unspecified atom stereocenters. The van der Waals surface area contributed by atoms with E-state index in [4.69, 9.17) is 0 Å². The van der Waals surface area contributed by atoms with Gasteiger partial charge in [-0.05, 0) is 32.2 Å². The zero-order valence-corrected chi connectivity index (χ0v) is 9.29. The summed E-state index contributed by atoms with van der Waals surface area (Å²) >= 11 is 0. The number of hydrogen-bond acceptors (Lipinski definition) is 1. The van der Waals surface area contributed by atoms with E-state index in [0.29, 0.717) is 0 Å². The van der Waals surface area contributed by atoms with Crippen molar-refractivity contribution in [1.29, 1.82) is 0 Å². The standard InChI is InChI=1S/C11H20F3N/c1-2-10(7-8-11(12,13)14)6-4-3-5-9-15-10/h15H,2-9H2,1H3. The molecule has 0 aromatic heterocycles. The molecule has 0 aliphatic carbocycles. The highest BCUT2D eigenvalue weighted by atomic mass is 19.4. The molecular weight excluding hydrogens is 203 g/mol. The molecule has 1 atom stereocenters. The molecular formula is C11H20F3N. The van der Waals surface area contributed by atoms with Crippen LogP contribution in [-0.4, -0.2) is 18.3 Å². The fraction of sp³-hybridized carbons (Fsp3) is 1.00. The Labute approximate surface area is 89.4 Å². The summed E-state index contributed by atoms with van der Waals surface area (Å²) in [7, 11) is 0. The zero-order valence-electron chi connectivity index (χ0n) is 9.29. The minimum absolute atomic E-state index is 0.229. The highest BCUT2D eigenvalue weighted by Gasteiger charge is 2.35. The summed E-state index contributed by atoms with van der Waals surface area (Å²) in [5.74, 6) is 0. The van der Waals surface area contributed by atoms with Gasteiger partial charge in [0.05, 0.1) is 0 Å². The maximum Gasteiger partial charge on any atom is 0.389 e. The average molecular weight is 223 g/mol. The van der Waals surface area contributed by atoms with E-state index in [9.17, 15) is 13.2 Å². The molecule has 0 spiro atoms. The molecule has 1 saturated heterocycles. The third-order valence-electron chi connectivity index (χ3n) is 3.40. The molecule has 1 N–H and O–H groups in total. The van der Waals surface area contributed by atoms with Gasteiger partial charge in [-0.1, -0.05) is 19.8 Å². The number of rotatable bonds is 3. The Bertz CT molecular complexity index is 181. The number of halogens is 3. The van der Waals surface area contributed by atoms with E-state index < -0.39 is 12.6 Å². The number of nitrogens with one attached hydrogen (secondary N) is 1. The molecule has 0 saturated carbocycles. The SMILES string of the molecule is CCC1(CCC(F)(F)F)CCCCCN1. The minimum atomic E-state index is -4.02. The van der Waals surface area contributed by atoms with Crippen molar-refractivity contribution < 1.29 is 13.2 Å². The van der Waals surface area contributed by atoms with Crippen LogP contribution in [0.5, 0.6) is 0 Å². The molecule has 1 fully saturated rings. The molecule has 0 aromatic rings. The third kappa shape index (κ3) is 4.41. The fourth-order valence-electron chi connectivity index (χ4n) is 2.28. The Hall–Kier alpha value is -0.250. The zero-order chi connectivity index (χ0) is 11.4. The fourth-order valence-corrected chi connectivity index (χ4v) is 2.28. The van der Waals surface area contributed by atoms with Crippen molar-refractivity contribution in [1.82, 2.24) is 5.32 Å². The molecule has 1 heterocycles. The van der Waals surface area contributed by atoms with E-state index >= 15 is 0 Å². The molecule has 1 aliphatic heterocycles. The van der Waals surface area contributed by atoms with Gasteiger partial charge in [0.15, 0.2) is 0 Å². The summed E-state index contributed by atoms with van der Waals surface area (Å²) < 4.78 is 36.6. The predicted octanol–water partition coefficient (Wildman–Crippen LogP) is 3.64. The van der Waals surface area contributed by atoms with Gasteiger partial charge in [-0.15, -0.1) is 0 Å². The van der Waals surface area contributed by atoms with Crippen LogP contribution in [0.2, 0.25) is 0 Å². The van der Waals surface area contributed by atoms with Gasteiger partial charge in [-0.2, -0.15) is 13.2 Å². The Morgan fingerprint density at radius 1 is 1.20 bits per heavy atom. The molecule has 0 radical (unpaired) electrons. The largest absolute Gasteiger partial charge is 0.389 e. The number of alkyl halides is 3. The van der Waals surface area contributed by atoms with Gasteiger partial charge in [0.1, 0.15) is 0 Å². The van der Waals surface area contributed by atoms with Crippen LogP contribution < -0.4 is 5.32 Å². The van der Waals surface area contributed by atoms with Crippen molar-refractivity contribution in [2.75, 3.05) is 6.54 Å². The normalized spacial score (nSPS) is 28.8. The van der Waals surface area contributed by atoms with Crippen molar-refractivity contribution in [2.45, 2.75) is 63.6 Å². The maximum absolute atomic E-state index is 12.2. The van der Waals surface area contributed by atoms with Crippen LogP contribution in [0.25, 0.3) is 0 Å². The van der Waals surface area contributed by atoms with Gasteiger partial charge in [0.2, 0.25) is 0 Å². The van der Waals surface area contributed by atoms with Gasteiger partial charge in [0, 0.05) is 12.0 Å². The van der Waals surface area contributed by atoms with Gasteiger partial charge in [0.25, 0.3) is 0 Å². The average Bonchev–Trinajstić information content (AvgIpc) is 2.40. The Morgan fingerprint density at radius 2 is 1.93 bits per heavy atom. The second-order valence-electron chi connectivity index (χ2n) is 4.49. The monoisotopic (exact) mass is 223 g/mol. The van der Waals surface area contributed by atoms with Crippen LogP contribution in [0.15, 0.2) is 0 Å². The topological polar surface area (TPSA) is 12.0 Å². The van der Waals surface area contributed by atoms with E-state index in [-0.39, 0.29) is 12.0 Å². The van der Waals surface area contributed by atoms with Crippen molar-refractivity contribution in [3.8, 4) is 0 Å². The lowest BCUT2D eigenvalue weighted by molar-refractivity contribution is -0.139. The van der Waals surface area contributed by atoms with E-state index in [1.54, 1.807) is 0 Å². The second kappa shape index (κ2) is 5.19. The van der Waals surface area contributed by atoms with Crippen LogP contribution in [0, 0.1) is 0 Å². The van der Waals surface area contributed by atoms with Crippen molar-refractivity contribution in [3.63, 3.8) is 0 Å². The van der Waals surface area contributed by atoms with Crippen LogP contribution in [0.1, 0.15) is 51.9 Å². The highest BCUT2D eigenvalue weighted by Crippen LogP contribution is 2.32. The Balaban J connectivity index is 2.50. The molecule has 1 aliphatic rings. The summed E-state index contributed by atoms with van der Waals surface area (Å²) in [5, 5.41) is 3.32. The molecule has 90 valence electrons. The molecule has 4 heteroatoms. The lowest BCUT2D eigenvalue weighted by Gasteiger charge is -2.33. The van der Waals surface area contributed by atoms with E-state index in [1.165, 1.54) is 0 Å². The lowest BCUT2D eigenvalue weighted by atomic mass is 9.86. The molecule has 0 aromatic carbocycles. The first-order valence-electron chi connectivity index (χ1n) is 5.79. The molecule has 0 amide bonds. The summed E-state index contributed by atoms with van der Waals surface area (Å²) in [6.07, 6.45) is 0.521. The van der Waals surface area contributed by atoms with Crippen LogP contribution in [-0.2, 0) is 0 Å². The predicted molar refractivity (Wildman–Crippen MR) is 54.8 cm³/mol.